The molecule has 0 bridgehead atoms. The van der Waals surface area contributed by atoms with Crippen LogP contribution in [0.25, 0.3) is 12.2 Å². The number of halogens is 1. The second-order valence-electron chi connectivity index (χ2n) is 2.98. The second kappa shape index (κ2) is 2.56. The predicted molar refractivity (Wildman–Crippen MR) is 51.3 cm³/mol. The number of rotatable bonds is 0. The first-order chi connectivity index (χ1) is 5.68. The van der Waals surface area contributed by atoms with E-state index in [1.165, 1.54) is 5.56 Å². The standard InChI is InChI=1S/C10H9FS/c1-6-3-8-7(2)5-12-10(8)4-9(6)11/h3-5,9H,1H2,2H3. The summed E-state index contributed by atoms with van der Waals surface area (Å²) in [4.78, 5) is 0. The molecule has 0 saturated carbocycles. The third-order valence-corrected chi connectivity index (χ3v) is 3.12. The van der Waals surface area contributed by atoms with Gasteiger partial charge in [0, 0.05) is 4.53 Å². The Morgan fingerprint density at radius 2 is 2.33 bits per heavy atom. The molecule has 1 unspecified atom stereocenters. The molecule has 2 heteroatoms. The van der Waals surface area contributed by atoms with Crippen molar-refractivity contribution in [3.05, 3.63) is 32.8 Å². The summed E-state index contributed by atoms with van der Waals surface area (Å²) in [6.45, 7) is 5.69. The van der Waals surface area contributed by atoms with Crippen LogP contribution in [0.5, 0.6) is 0 Å². The van der Waals surface area contributed by atoms with Crippen LogP contribution in [0.4, 0.5) is 4.39 Å². The molecule has 0 aromatic carbocycles. The number of hydrogen-bond acceptors (Lipinski definition) is 1. The van der Waals surface area contributed by atoms with Gasteiger partial charge in [0.15, 0.2) is 0 Å². The summed E-state index contributed by atoms with van der Waals surface area (Å²) >= 11 is 1.59. The van der Waals surface area contributed by atoms with Crippen molar-refractivity contribution in [3.8, 4) is 0 Å². The summed E-state index contributed by atoms with van der Waals surface area (Å²) in [6.07, 6.45) is 2.48. The highest BCUT2D eigenvalue weighted by Crippen LogP contribution is 2.11. The minimum Gasteiger partial charge on any atom is -0.238 e. The van der Waals surface area contributed by atoms with Gasteiger partial charge in [0.05, 0.1) is 0 Å². The van der Waals surface area contributed by atoms with Gasteiger partial charge in [0.2, 0.25) is 0 Å². The van der Waals surface area contributed by atoms with Gasteiger partial charge in [-0.1, -0.05) is 6.58 Å². The lowest BCUT2D eigenvalue weighted by atomic mass is 10.1. The van der Waals surface area contributed by atoms with Gasteiger partial charge < -0.3 is 0 Å². The van der Waals surface area contributed by atoms with Gasteiger partial charge in [-0.2, -0.15) is 0 Å². The van der Waals surface area contributed by atoms with Crippen molar-refractivity contribution in [2.75, 3.05) is 0 Å². The summed E-state index contributed by atoms with van der Waals surface area (Å²) in [7, 11) is 0. The van der Waals surface area contributed by atoms with Gasteiger partial charge in [-0.25, -0.2) is 4.39 Å². The molecule has 0 fully saturated rings. The quantitative estimate of drug-likeness (QED) is 0.568. The van der Waals surface area contributed by atoms with Gasteiger partial charge >= 0.3 is 0 Å². The second-order valence-corrected chi connectivity index (χ2v) is 3.90. The molecule has 1 heterocycles. The van der Waals surface area contributed by atoms with Gasteiger partial charge in [-0.15, -0.1) is 11.3 Å². The van der Waals surface area contributed by atoms with Crippen LogP contribution in [0.1, 0.15) is 5.56 Å². The van der Waals surface area contributed by atoms with Gasteiger partial charge in [-0.3, -0.25) is 0 Å². The first-order valence-electron chi connectivity index (χ1n) is 3.79. The molecule has 1 aliphatic carbocycles. The van der Waals surface area contributed by atoms with Gasteiger partial charge in [0.1, 0.15) is 6.17 Å². The van der Waals surface area contributed by atoms with Crippen LogP contribution in [0.3, 0.4) is 0 Å². The molecule has 0 N–H and O–H groups in total. The summed E-state index contributed by atoms with van der Waals surface area (Å²) in [5.74, 6) is 0. The normalized spacial score (nSPS) is 21.2. The third kappa shape index (κ3) is 1.03. The Hall–Kier alpha value is -0.890. The van der Waals surface area contributed by atoms with Gasteiger partial charge in [-0.05, 0) is 40.8 Å². The number of aryl methyl sites for hydroxylation is 1. The minimum atomic E-state index is -0.990. The monoisotopic (exact) mass is 180 g/mol. The molecular weight excluding hydrogens is 171 g/mol. The molecule has 0 radical (unpaired) electrons. The number of fused-ring (bicyclic) bond motifs is 1. The number of alkyl halides is 1. The fourth-order valence-electron chi connectivity index (χ4n) is 1.29. The first-order valence-corrected chi connectivity index (χ1v) is 4.67. The van der Waals surface area contributed by atoms with E-state index in [1.807, 2.05) is 18.4 Å². The smallest absolute Gasteiger partial charge is 0.144 e. The zero-order valence-electron chi connectivity index (χ0n) is 6.80. The van der Waals surface area contributed by atoms with Crippen LogP contribution in [-0.2, 0) is 0 Å². The Kier molecular flexibility index (Phi) is 1.65. The molecule has 0 aliphatic heterocycles. The van der Waals surface area contributed by atoms with E-state index in [0.29, 0.717) is 5.57 Å². The Labute approximate surface area is 74.4 Å². The Morgan fingerprint density at radius 3 is 3.08 bits per heavy atom. The van der Waals surface area contributed by atoms with Crippen LogP contribution in [0, 0.1) is 6.92 Å². The molecule has 1 aliphatic rings. The minimum absolute atomic E-state index is 0.559. The average Bonchev–Trinajstić information content (AvgIpc) is 2.35. The van der Waals surface area contributed by atoms with E-state index in [4.69, 9.17) is 0 Å². The fourth-order valence-corrected chi connectivity index (χ4v) is 2.27. The molecular formula is C10H9FS. The van der Waals surface area contributed by atoms with Crippen LogP contribution >= 0.6 is 11.3 Å². The van der Waals surface area contributed by atoms with Crippen LogP contribution in [0.15, 0.2) is 17.5 Å². The molecule has 0 saturated heterocycles. The largest absolute Gasteiger partial charge is 0.238 e. The zero-order valence-corrected chi connectivity index (χ0v) is 7.62. The first kappa shape index (κ1) is 7.74. The Morgan fingerprint density at radius 1 is 1.58 bits per heavy atom. The summed E-state index contributed by atoms with van der Waals surface area (Å²) in [6, 6.07) is 0. The molecule has 1 aromatic heterocycles. The van der Waals surface area contributed by atoms with Gasteiger partial charge in [0.25, 0.3) is 0 Å². The van der Waals surface area contributed by atoms with E-state index < -0.39 is 6.17 Å². The molecule has 1 atom stereocenters. The van der Waals surface area contributed by atoms with Crippen LogP contribution in [0.2, 0.25) is 0 Å². The van der Waals surface area contributed by atoms with E-state index in [-0.39, 0.29) is 0 Å². The lowest BCUT2D eigenvalue weighted by Crippen LogP contribution is -2.27. The highest BCUT2D eigenvalue weighted by atomic mass is 32.1. The molecule has 0 spiro atoms. The van der Waals surface area contributed by atoms with Crippen molar-refractivity contribution < 1.29 is 4.39 Å². The lowest BCUT2D eigenvalue weighted by molar-refractivity contribution is 0.478. The Balaban J connectivity index is 2.82. The van der Waals surface area contributed by atoms with E-state index in [1.54, 1.807) is 17.4 Å². The summed E-state index contributed by atoms with van der Waals surface area (Å²) in [5.41, 5.74) is 1.77. The van der Waals surface area contributed by atoms with Crippen molar-refractivity contribution in [3.63, 3.8) is 0 Å². The molecule has 12 heavy (non-hydrogen) atoms. The van der Waals surface area contributed by atoms with Crippen LogP contribution < -0.4 is 9.75 Å². The average molecular weight is 180 g/mol. The molecule has 0 nitrogen and oxygen atoms in total. The van der Waals surface area contributed by atoms with Crippen molar-refractivity contribution in [2.24, 2.45) is 0 Å². The summed E-state index contributed by atoms with van der Waals surface area (Å²) in [5, 5.41) is 3.18. The topological polar surface area (TPSA) is 0 Å². The van der Waals surface area contributed by atoms with E-state index >= 15 is 0 Å². The van der Waals surface area contributed by atoms with Crippen molar-refractivity contribution in [2.45, 2.75) is 13.1 Å². The van der Waals surface area contributed by atoms with Crippen molar-refractivity contribution >= 4 is 23.5 Å². The zero-order chi connectivity index (χ0) is 8.72. The van der Waals surface area contributed by atoms with Crippen molar-refractivity contribution in [1.29, 1.82) is 0 Å². The molecule has 0 amide bonds. The van der Waals surface area contributed by atoms with Crippen molar-refractivity contribution in [1.82, 2.24) is 0 Å². The maximum atomic E-state index is 13.1. The highest BCUT2D eigenvalue weighted by Gasteiger charge is 2.10. The van der Waals surface area contributed by atoms with Crippen LogP contribution in [-0.4, -0.2) is 6.17 Å². The number of hydrogen-bond donors (Lipinski definition) is 0. The summed E-state index contributed by atoms with van der Waals surface area (Å²) < 4.78 is 14.1. The maximum Gasteiger partial charge on any atom is 0.144 e. The predicted octanol–water partition coefficient (Wildman–Crippen LogP) is 1.53. The fraction of sp³-hybridized carbons (Fsp3) is 0.200. The highest BCUT2D eigenvalue weighted by molar-refractivity contribution is 7.07. The number of thiophene rings is 1. The molecule has 2 rings (SSSR count). The van der Waals surface area contributed by atoms with E-state index in [2.05, 4.69) is 6.58 Å². The number of allylic oxidation sites excluding steroid dienone is 1. The maximum absolute atomic E-state index is 13.1. The third-order valence-electron chi connectivity index (χ3n) is 2.03. The van der Waals surface area contributed by atoms with E-state index in [0.717, 1.165) is 9.75 Å². The Bertz CT molecular complexity index is 439. The van der Waals surface area contributed by atoms with E-state index in [9.17, 15) is 4.39 Å². The molecule has 62 valence electrons. The molecule has 1 aromatic rings. The lowest BCUT2D eigenvalue weighted by Gasteiger charge is -2.05. The SMILES string of the molecule is C=C1C=c2c(C)csc2=CC1F.